The number of nitrogens with one attached hydrogen (secondary N) is 1. The van der Waals surface area contributed by atoms with Gasteiger partial charge >= 0.3 is 0 Å². The Morgan fingerprint density at radius 2 is 1.74 bits per heavy atom. The lowest BCUT2D eigenvalue weighted by molar-refractivity contribution is 0.0955. The van der Waals surface area contributed by atoms with Crippen LogP contribution in [-0.2, 0) is 0 Å². The van der Waals surface area contributed by atoms with Crippen LogP contribution in [0.1, 0.15) is 15.9 Å². The molecule has 0 spiro atoms. The number of hydrogen-bond acceptors (Lipinski definition) is 3. The Balaban J connectivity index is 1.96. The van der Waals surface area contributed by atoms with E-state index in [1.165, 1.54) is 42.6 Å². The minimum Gasteiger partial charge on any atom is -0.508 e. The number of carbonyl (C=O) groups excluding carboxylic acids is 1. The lowest BCUT2D eigenvalue weighted by atomic mass is 10.2. The maximum atomic E-state index is 12.7. The second kappa shape index (κ2) is 5.77. The fourth-order valence-electron chi connectivity index (χ4n) is 1.39. The highest BCUT2D eigenvalue weighted by atomic mass is 19.1. The summed E-state index contributed by atoms with van der Waals surface area (Å²) < 4.78 is 12.7. The van der Waals surface area contributed by atoms with E-state index in [1.807, 2.05) is 0 Å². The summed E-state index contributed by atoms with van der Waals surface area (Å²) in [5, 5.41) is 12.9. The second-order valence-corrected chi connectivity index (χ2v) is 3.80. The predicted molar refractivity (Wildman–Crippen MR) is 69.6 cm³/mol. The highest BCUT2D eigenvalue weighted by molar-refractivity contribution is 5.94. The Labute approximate surface area is 109 Å². The fourth-order valence-corrected chi connectivity index (χ4v) is 1.39. The van der Waals surface area contributed by atoms with Crippen molar-refractivity contribution < 1.29 is 14.3 Å². The molecule has 4 nitrogen and oxygen atoms in total. The smallest absolute Gasteiger partial charge is 0.271 e. The average molecular weight is 258 g/mol. The van der Waals surface area contributed by atoms with Gasteiger partial charge in [0.1, 0.15) is 11.6 Å². The van der Waals surface area contributed by atoms with Crippen molar-refractivity contribution in [1.82, 2.24) is 5.43 Å². The Hall–Kier alpha value is -2.69. The molecular formula is C14H11FN2O2. The van der Waals surface area contributed by atoms with Crippen LogP contribution < -0.4 is 5.43 Å². The first-order valence-corrected chi connectivity index (χ1v) is 5.53. The summed E-state index contributed by atoms with van der Waals surface area (Å²) in [6.07, 6.45) is 1.41. The molecule has 0 fully saturated rings. The molecule has 2 N–H and O–H groups in total. The van der Waals surface area contributed by atoms with Crippen LogP contribution in [0, 0.1) is 5.82 Å². The molecule has 0 bridgehead atoms. The number of phenolic OH excluding ortho intramolecular Hbond substituents is 1. The molecule has 5 heteroatoms. The molecule has 2 aromatic carbocycles. The number of aromatic hydroxyl groups is 1. The predicted octanol–water partition coefficient (Wildman–Crippen LogP) is 2.30. The van der Waals surface area contributed by atoms with E-state index >= 15 is 0 Å². The largest absolute Gasteiger partial charge is 0.508 e. The van der Waals surface area contributed by atoms with Crippen LogP contribution in [0.15, 0.2) is 53.6 Å². The number of halogens is 1. The van der Waals surface area contributed by atoms with Gasteiger partial charge in [0.25, 0.3) is 5.91 Å². The number of rotatable bonds is 3. The number of amides is 1. The maximum Gasteiger partial charge on any atom is 0.271 e. The standard InChI is InChI=1S/C14H11FN2O2/c15-12-5-1-10(2-6-12)9-16-17-14(19)11-3-7-13(18)8-4-11/h1-9,18H,(H,17,19)/b16-9-. The van der Waals surface area contributed by atoms with E-state index in [9.17, 15) is 9.18 Å². The number of phenols is 1. The maximum absolute atomic E-state index is 12.7. The van der Waals surface area contributed by atoms with Crippen molar-refractivity contribution in [2.75, 3.05) is 0 Å². The number of nitrogens with zero attached hydrogens (tertiary/aromatic N) is 1. The third-order valence-corrected chi connectivity index (χ3v) is 2.38. The van der Waals surface area contributed by atoms with Crippen molar-refractivity contribution >= 4 is 12.1 Å². The molecule has 0 aromatic heterocycles. The van der Waals surface area contributed by atoms with Crippen LogP contribution in [0.5, 0.6) is 5.75 Å². The zero-order chi connectivity index (χ0) is 13.7. The Morgan fingerprint density at radius 1 is 1.11 bits per heavy atom. The van der Waals surface area contributed by atoms with Crippen molar-refractivity contribution in [3.05, 3.63) is 65.5 Å². The summed E-state index contributed by atoms with van der Waals surface area (Å²) in [5.41, 5.74) is 3.39. The van der Waals surface area contributed by atoms with Crippen LogP contribution in [0.2, 0.25) is 0 Å². The molecular weight excluding hydrogens is 247 g/mol. The molecule has 2 aromatic rings. The van der Waals surface area contributed by atoms with E-state index in [-0.39, 0.29) is 11.6 Å². The molecule has 19 heavy (non-hydrogen) atoms. The Morgan fingerprint density at radius 3 is 2.37 bits per heavy atom. The van der Waals surface area contributed by atoms with Gasteiger partial charge in [-0.1, -0.05) is 12.1 Å². The first-order valence-electron chi connectivity index (χ1n) is 5.53. The summed E-state index contributed by atoms with van der Waals surface area (Å²) in [7, 11) is 0. The number of benzene rings is 2. The molecule has 96 valence electrons. The minimum absolute atomic E-state index is 0.0892. The van der Waals surface area contributed by atoms with Crippen LogP contribution in [0.4, 0.5) is 4.39 Å². The van der Waals surface area contributed by atoms with Gasteiger partial charge in [-0.15, -0.1) is 0 Å². The van der Waals surface area contributed by atoms with Gasteiger partial charge in [0.05, 0.1) is 6.21 Å². The van der Waals surface area contributed by atoms with Crippen LogP contribution in [0.25, 0.3) is 0 Å². The van der Waals surface area contributed by atoms with Gasteiger partial charge in [0.15, 0.2) is 0 Å². The summed E-state index contributed by atoms with van der Waals surface area (Å²) in [5.74, 6) is -0.630. The molecule has 0 heterocycles. The zero-order valence-electron chi connectivity index (χ0n) is 9.88. The van der Waals surface area contributed by atoms with Crippen molar-refractivity contribution in [2.24, 2.45) is 5.10 Å². The summed E-state index contributed by atoms with van der Waals surface area (Å²) in [6.45, 7) is 0. The average Bonchev–Trinajstić information content (AvgIpc) is 2.41. The minimum atomic E-state index is -0.390. The van der Waals surface area contributed by atoms with E-state index in [4.69, 9.17) is 5.11 Å². The third-order valence-electron chi connectivity index (χ3n) is 2.38. The first kappa shape index (κ1) is 12.8. The van der Waals surface area contributed by atoms with Crippen molar-refractivity contribution in [1.29, 1.82) is 0 Å². The van der Waals surface area contributed by atoms with Gasteiger partial charge in [-0.05, 0) is 42.0 Å². The molecule has 0 saturated carbocycles. The molecule has 0 aliphatic heterocycles. The molecule has 0 radical (unpaired) electrons. The van der Waals surface area contributed by atoms with E-state index in [2.05, 4.69) is 10.5 Å². The molecule has 0 aliphatic carbocycles. The van der Waals surface area contributed by atoms with Gasteiger partial charge in [-0.3, -0.25) is 4.79 Å². The SMILES string of the molecule is O=C(N/N=C\c1ccc(F)cc1)c1ccc(O)cc1. The fraction of sp³-hybridized carbons (Fsp3) is 0. The number of hydrazone groups is 1. The molecule has 0 aliphatic rings. The number of carbonyl (C=O) groups is 1. The quantitative estimate of drug-likeness (QED) is 0.655. The van der Waals surface area contributed by atoms with Crippen LogP contribution >= 0.6 is 0 Å². The Bertz CT molecular complexity index is 592. The highest BCUT2D eigenvalue weighted by Gasteiger charge is 2.02. The third kappa shape index (κ3) is 3.64. The van der Waals surface area contributed by atoms with Gasteiger partial charge < -0.3 is 5.11 Å². The normalized spacial score (nSPS) is 10.6. The second-order valence-electron chi connectivity index (χ2n) is 3.80. The lowest BCUT2D eigenvalue weighted by Gasteiger charge is -1.99. The molecule has 2 rings (SSSR count). The van der Waals surface area contributed by atoms with Gasteiger partial charge in [-0.25, -0.2) is 9.82 Å². The van der Waals surface area contributed by atoms with Crippen LogP contribution in [-0.4, -0.2) is 17.2 Å². The van der Waals surface area contributed by atoms with E-state index in [0.717, 1.165) is 0 Å². The highest BCUT2D eigenvalue weighted by Crippen LogP contribution is 2.09. The molecule has 0 unspecified atom stereocenters. The van der Waals surface area contributed by atoms with Crippen molar-refractivity contribution in [2.45, 2.75) is 0 Å². The zero-order valence-corrected chi connectivity index (χ0v) is 9.88. The van der Waals surface area contributed by atoms with Crippen molar-refractivity contribution in [3.63, 3.8) is 0 Å². The van der Waals surface area contributed by atoms with Crippen molar-refractivity contribution in [3.8, 4) is 5.75 Å². The lowest BCUT2D eigenvalue weighted by Crippen LogP contribution is -2.17. The van der Waals surface area contributed by atoms with E-state index in [1.54, 1.807) is 12.1 Å². The van der Waals surface area contributed by atoms with E-state index in [0.29, 0.717) is 11.1 Å². The number of hydrogen-bond donors (Lipinski definition) is 2. The van der Waals surface area contributed by atoms with Crippen LogP contribution in [0.3, 0.4) is 0 Å². The molecule has 1 amide bonds. The topological polar surface area (TPSA) is 61.7 Å². The monoisotopic (exact) mass is 258 g/mol. The molecule has 0 saturated heterocycles. The summed E-state index contributed by atoms with van der Waals surface area (Å²) in [4.78, 5) is 11.6. The van der Waals surface area contributed by atoms with Gasteiger partial charge in [-0.2, -0.15) is 5.10 Å². The van der Waals surface area contributed by atoms with Gasteiger partial charge in [0.2, 0.25) is 0 Å². The van der Waals surface area contributed by atoms with Gasteiger partial charge in [0, 0.05) is 5.56 Å². The molecule has 0 atom stereocenters. The summed E-state index contributed by atoms with van der Waals surface area (Å²) >= 11 is 0. The first-order chi connectivity index (χ1) is 9.15. The summed E-state index contributed by atoms with van der Waals surface area (Å²) in [6, 6.07) is 11.5. The Kier molecular flexibility index (Phi) is 3.87. The van der Waals surface area contributed by atoms with E-state index < -0.39 is 5.91 Å².